The smallest absolute Gasteiger partial charge is 0.405 e. The minimum Gasteiger partial charge on any atom is -0.405 e. The van der Waals surface area contributed by atoms with Crippen molar-refractivity contribution < 1.29 is 17.9 Å². The fourth-order valence-electron chi connectivity index (χ4n) is 1.03. The standard InChI is InChI=1S/C8H7BrF3NO2/c1-4-6(15-8(10,11)12)5(2-9)3-13-7(4)14/h3H,2H2,1H3,(H,13,14). The second-order valence-electron chi connectivity index (χ2n) is 2.78. The largest absolute Gasteiger partial charge is 0.573 e. The number of alkyl halides is 4. The van der Waals surface area contributed by atoms with Crippen molar-refractivity contribution in [3.8, 4) is 5.75 Å². The molecule has 0 spiro atoms. The number of hydrogen-bond acceptors (Lipinski definition) is 2. The van der Waals surface area contributed by atoms with Crippen molar-refractivity contribution in [3.05, 3.63) is 27.7 Å². The minimum absolute atomic E-state index is 0.0933. The van der Waals surface area contributed by atoms with Crippen LogP contribution in [0.25, 0.3) is 0 Å². The van der Waals surface area contributed by atoms with E-state index < -0.39 is 17.7 Å². The molecule has 0 fully saturated rings. The summed E-state index contributed by atoms with van der Waals surface area (Å²) < 4.78 is 39.8. The third-order valence-electron chi connectivity index (χ3n) is 1.71. The Balaban J connectivity index is 3.24. The van der Waals surface area contributed by atoms with E-state index in [2.05, 4.69) is 25.7 Å². The molecule has 0 aliphatic carbocycles. The van der Waals surface area contributed by atoms with Crippen LogP contribution < -0.4 is 10.3 Å². The summed E-state index contributed by atoms with van der Waals surface area (Å²) in [7, 11) is 0. The van der Waals surface area contributed by atoms with Crippen molar-refractivity contribution in [2.75, 3.05) is 0 Å². The number of rotatable bonds is 2. The van der Waals surface area contributed by atoms with Crippen LogP contribution in [0.3, 0.4) is 0 Å². The molecular weight excluding hydrogens is 279 g/mol. The molecule has 0 atom stereocenters. The van der Waals surface area contributed by atoms with Gasteiger partial charge >= 0.3 is 6.36 Å². The highest BCUT2D eigenvalue weighted by atomic mass is 79.9. The molecule has 1 N–H and O–H groups in total. The molecule has 0 aliphatic heterocycles. The van der Waals surface area contributed by atoms with Crippen molar-refractivity contribution in [1.29, 1.82) is 0 Å². The number of pyridine rings is 1. The molecule has 84 valence electrons. The molecule has 3 nitrogen and oxygen atoms in total. The van der Waals surface area contributed by atoms with Gasteiger partial charge in [0.05, 0.1) is 5.56 Å². The van der Waals surface area contributed by atoms with Crippen LogP contribution in [-0.4, -0.2) is 11.3 Å². The summed E-state index contributed by atoms with van der Waals surface area (Å²) in [4.78, 5) is 13.4. The first-order chi connectivity index (χ1) is 6.85. The molecule has 0 radical (unpaired) electrons. The summed E-state index contributed by atoms with van der Waals surface area (Å²) in [5.74, 6) is -0.442. The van der Waals surface area contributed by atoms with E-state index in [0.29, 0.717) is 0 Å². The molecule has 1 aromatic rings. The molecule has 1 heterocycles. The summed E-state index contributed by atoms with van der Waals surface area (Å²) in [6.07, 6.45) is -3.61. The predicted molar refractivity (Wildman–Crippen MR) is 51.1 cm³/mol. The number of ether oxygens (including phenoxy) is 1. The minimum atomic E-state index is -4.80. The van der Waals surface area contributed by atoms with Crippen LogP contribution in [0, 0.1) is 6.92 Å². The molecule has 0 aliphatic rings. The lowest BCUT2D eigenvalue weighted by Crippen LogP contribution is -2.22. The monoisotopic (exact) mass is 285 g/mol. The Hall–Kier alpha value is -0.980. The maximum Gasteiger partial charge on any atom is 0.573 e. The Kier molecular flexibility index (Phi) is 3.43. The zero-order valence-corrected chi connectivity index (χ0v) is 9.20. The van der Waals surface area contributed by atoms with Gasteiger partial charge in [0.15, 0.2) is 0 Å². The highest BCUT2D eigenvalue weighted by molar-refractivity contribution is 9.08. The first kappa shape index (κ1) is 12.1. The van der Waals surface area contributed by atoms with Crippen LogP contribution in [0.4, 0.5) is 13.2 Å². The van der Waals surface area contributed by atoms with Crippen molar-refractivity contribution >= 4 is 15.9 Å². The quantitative estimate of drug-likeness (QED) is 0.849. The maximum absolute atomic E-state index is 12.0. The fourth-order valence-corrected chi connectivity index (χ4v) is 1.44. The first-order valence-corrected chi connectivity index (χ1v) is 5.00. The summed E-state index contributed by atoms with van der Waals surface area (Å²) >= 11 is 3.01. The van der Waals surface area contributed by atoms with Gasteiger partial charge in [-0.2, -0.15) is 0 Å². The van der Waals surface area contributed by atoms with Crippen LogP contribution in [0.5, 0.6) is 5.75 Å². The summed E-state index contributed by atoms with van der Waals surface area (Å²) in [6.45, 7) is 1.27. The number of aromatic amines is 1. The van der Waals surface area contributed by atoms with Crippen LogP contribution in [0.2, 0.25) is 0 Å². The van der Waals surface area contributed by atoms with Crippen LogP contribution >= 0.6 is 15.9 Å². The molecule has 0 aromatic carbocycles. The van der Waals surface area contributed by atoms with E-state index in [0.717, 1.165) is 0 Å². The zero-order valence-electron chi connectivity index (χ0n) is 7.61. The lowest BCUT2D eigenvalue weighted by atomic mass is 10.2. The van der Waals surface area contributed by atoms with E-state index in [1.165, 1.54) is 13.1 Å². The number of H-pyrrole nitrogens is 1. The van der Waals surface area contributed by atoms with Gasteiger partial charge in [-0.15, -0.1) is 13.2 Å². The van der Waals surface area contributed by atoms with Crippen molar-refractivity contribution in [2.24, 2.45) is 0 Å². The summed E-state index contributed by atoms with van der Waals surface area (Å²) in [6, 6.07) is 0. The molecule has 7 heteroatoms. The van der Waals surface area contributed by atoms with Gasteiger partial charge in [0.25, 0.3) is 5.56 Å². The third-order valence-corrected chi connectivity index (χ3v) is 2.32. The Bertz CT molecular complexity index is 413. The van der Waals surface area contributed by atoms with Crippen LogP contribution in [-0.2, 0) is 5.33 Å². The number of hydrogen-bond donors (Lipinski definition) is 1. The van der Waals surface area contributed by atoms with E-state index in [-0.39, 0.29) is 16.5 Å². The number of nitrogens with one attached hydrogen (secondary N) is 1. The molecule has 0 bridgehead atoms. The van der Waals surface area contributed by atoms with E-state index in [9.17, 15) is 18.0 Å². The van der Waals surface area contributed by atoms with Gasteiger partial charge in [0.2, 0.25) is 0 Å². The van der Waals surface area contributed by atoms with E-state index in [1.54, 1.807) is 0 Å². The van der Waals surface area contributed by atoms with Crippen LogP contribution in [0.15, 0.2) is 11.0 Å². The Morgan fingerprint density at radius 2 is 2.13 bits per heavy atom. The van der Waals surface area contributed by atoms with Gasteiger partial charge in [-0.05, 0) is 6.92 Å². The predicted octanol–water partition coefficient (Wildman–Crippen LogP) is 2.48. The zero-order chi connectivity index (χ0) is 11.6. The van der Waals surface area contributed by atoms with E-state index >= 15 is 0 Å². The fraction of sp³-hybridized carbons (Fsp3) is 0.375. The number of halogens is 4. The molecule has 15 heavy (non-hydrogen) atoms. The molecule has 0 unspecified atom stereocenters. The van der Waals surface area contributed by atoms with Crippen molar-refractivity contribution in [1.82, 2.24) is 4.98 Å². The second-order valence-corrected chi connectivity index (χ2v) is 3.34. The maximum atomic E-state index is 12.0. The Morgan fingerprint density at radius 1 is 1.53 bits per heavy atom. The van der Waals surface area contributed by atoms with Gasteiger partial charge in [-0.1, -0.05) is 15.9 Å². The molecule has 0 saturated heterocycles. The lowest BCUT2D eigenvalue weighted by molar-refractivity contribution is -0.275. The second kappa shape index (κ2) is 4.26. The van der Waals surface area contributed by atoms with Gasteiger partial charge in [-0.3, -0.25) is 4.79 Å². The highest BCUT2D eigenvalue weighted by Gasteiger charge is 2.33. The topological polar surface area (TPSA) is 42.1 Å². The lowest BCUT2D eigenvalue weighted by Gasteiger charge is -2.13. The average molecular weight is 286 g/mol. The normalized spacial score (nSPS) is 11.5. The van der Waals surface area contributed by atoms with E-state index in [1.807, 2.05) is 0 Å². The van der Waals surface area contributed by atoms with Gasteiger partial charge in [0, 0.05) is 17.1 Å². The molecule has 0 saturated carbocycles. The molecule has 1 rings (SSSR count). The van der Waals surface area contributed by atoms with Crippen molar-refractivity contribution in [3.63, 3.8) is 0 Å². The van der Waals surface area contributed by atoms with E-state index in [4.69, 9.17) is 0 Å². The first-order valence-electron chi connectivity index (χ1n) is 3.88. The molecular formula is C8H7BrF3NO2. The van der Waals surface area contributed by atoms with Gasteiger partial charge in [0.1, 0.15) is 5.75 Å². The van der Waals surface area contributed by atoms with Gasteiger partial charge < -0.3 is 9.72 Å². The summed E-state index contributed by atoms with van der Waals surface area (Å²) in [5, 5.41) is 0.163. The average Bonchev–Trinajstić information content (AvgIpc) is 2.11. The summed E-state index contributed by atoms with van der Waals surface area (Å²) in [5.41, 5.74) is -0.451. The Morgan fingerprint density at radius 3 is 2.60 bits per heavy atom. The number of aromatic nitrogens is 1. The third kappa shape index (κ3) is 2.98. The SMILES string of the molecule is Cc1c(OC(F)(F)F)c(CBr)c[nH]c1=O. The molecule has 0 amide bonds. The highest BCUT2D eigenvalue weighted by Crippen LogP contribution is 2.28. The van der Waals surface area contributed by atoms with Crippen LogP contribution in [0.1, 0.15) is 11.1 Å². The Labute approximate surface area is 91.4 Å². The van der Waals surface area contributed by atoms with Gasteiger partial charge in [-0.25, -0.2) is 0 Å². The molecule has 1 aromatic heterocycles. The van der Waals surface area contributed by atoms with Crippen molar-refractivity contribution in [2.45, 2.75) is 18.6 Å².